The number of esters is 1. The highest BCUT2D eigenvalue weighted by Crippen LogP contribution is 2.61. The molecule has 1 heterocycles. The normalized spacial score (nSPS) is 24.0. The van der Waals surface area contributed by atoms with Crippen LogP contribution in [0.1, 0.15) is 25.7 Å². The lowest BCUT2D eigenvalue weighted by atomic mass is 9.62. The molecule has 0 bridgehead atoms. The maximum Gasteiger partial charge on any atom is 0.454 e. The van der Waals surface area contributed by atoms with Crippen molar-refractivity contribution in [3.05, 3.63) is 22.8 Å². The summed E-state index contributed by atoms with van der Waals surface area (Å²) in [7, 11) is 0.776. The van der Waals surface area contributed by atoms with E-state index in [1.807, 2.05) is 0 Å². The van der Waals surface area contributed by atoms with Gasteiger partial charge in [-0.15, -0.1) is 0 Å². The molecule has 1 aliphatic heterocycles. The number of alkyl halides is 5. The molecule has 0 spiro atoms. The molecule has 0 saturated heterocycles. The van der Waals surface area contributed by atoms with Gasteiger partial charge in [0.05, 0.1) is 19.1 Å². The standard InChI is InChI=1S/C15H13F5N2O4/c1-25-10(24)5-13(14(16,17)15(18,19)20)7(6-21)12(22)26-9-4-2-3-8(23)11(9)13/h2-5,22H2,1H3/t13-/m1/s1. The molecule has 0 unspecified atom stereocenters. The van der Waals surface area contributed by atoms with Crippen molar-refractivity contribution in [2.75, 3.05) is 7.11 Å². The van der Waals surface area contributed by atoms with E-state index >= 15 is 0 Å². The highest BCUT2D eigenvalue weighted by atomic mass is 19.4. The molecule has 142 valence electrons. The number of methoxy groups -OCH3 is 1. The van der Waals surface area contributed by atoms with Gasteiger partial charge >= 0.3 is 18.1 Å². The number of nitriles is 1. The van der Waals surface area contributed by atoms with Gasteiger partial charge in [0.1, 0.15) is 22.8 Å². The molecule has 11 heteroatoms. The average Bonchev–Trinajstić information content (AvgIpc) is 2.53. The Kier molecular flexibility index (Phi) is 4.74. The van der Waals surface area contributed by atoms with E-state index in [0.29, 0.717) is 0 Å². The minimum absolute atomic E-state index is 0.138. The number of hydrogen-bond donors (Lipinski definition) is 1. The summed E-state index contributed by atoms with van der Waals surface area (Å²) < 4.78 is 78.5. The van der Waals surface area contributed by atoms with Crippen LogP contribution in [0.3, 0.4) is 0 Å². The van der Waals surface area contributed by atoms with Crippen molar-refractivity contribution in [3.8, 4) is 6.07 Å². The second-order valence-electron chi connectivity index (χ2n) is 5.76. The fourth-order valence-electron chi connectivity index (χ4n) is 3.20. The Hall–Kier alpha value is -2.64. The summed E-state index contributed by atoms with van der Waals surface area (Å²) in [6.07, 6.45) is -8.13. The van der Waals surface area contributed by atoms with Crippen molar-refractivity contribution in [1.82, 2.24) is 0 Å². The fourth-order valence-corrected chi connectivity index (χ4v) is 3.20. The number of allylic oxidation sites excluding steroid dienone is 3. The molecule has 6 nitrogen and oxygen atoms in total. The highest BCUT2D eigenvalue weighted by molar-refractivity contribution is 6.00. The summed E-state index contributed by atoms with van der Waals surface area (Å²) >= 11 is 0. The molecule has 2 N–H and O–H groups in total. The van der Waals surface area contributed by atoms with Crippen LogP contribution >= 0.6 is 0 Å². The minimum atomic E-state index is -6.18. The molecule has 0 aromatic carbocycles. The van der Waals surface area contributed by atoms with E-state index in [1.165, 1.54) is 0 Å². The van der Waals surface area contributed by atoms with E-state index in [4.69, 9.17) is 10.5 Å². The first kappa shape index (κ1) is 19.7. The van der Waals surface area contributed by atoms with Gasteiger partial charge in [-0.05, 0) is 6.42 Å². The van der Waals surface area contributed by atoms with Gasteiger partial charge in [-0.25, -0.2) is 0 Å². The topological polar surface area (TPSA) is 102 Å². The molecular formula is C15H13F5N2O4. The zero-order chi connectivity index (χ0) is 19.9. The lowest BCUT2D eigenvalue weighted by molar-refractivity contribution is -0.314. The Morgan fingerprint density at radius 1 is 1.35 bits per heavy atom. The molecule has 2 rings (SSSR count). The second-order valence-corrected chi connectivity index (χ2v) is 5.76. The number of carbonyl (C=O) groups is 2. The first-order chi connectivity index (χ1) is 11.9. The Labute approximate surface area is 144 Å². The SMILES string of the molecule is COC(=O)C[C@@]1(C(F)(F)C(F)(F)F)C(C#N)=C(N)OC2=C1C(=O)CCC2. The Morgan fingerprint density at radius 2 is 1.96 bits per heavy atom. The smallest absolute Gasteiger partial charge is 0.454 e. The van der Waals surface area contributed by atoms with Gasteiger partial charge in [0.25, 0.3) is 0 Å². The highest BCUT2D eigenvalue weighted by Gasteiger charge is 2.76. The molecule has 0 aromatic rings. The first-order valence-electron chi connectivity index (χ1n) is 7.30. The number of halogens is 5. The Morgan fingerprint density at radius 3 is 2.46 bits per heavy atom. The van der Waals surface area contributed by atoms with Gasteiger partial charge < -0.3 is 15.2 Å². The third-order valence-electron chi connectivity index (χ3n) is 4.34. The van der Waals surface area contributed by atoms with Crippen molar-refractivity contribution >= 4 is 11.8 Å². The number of nitrogens with zero attached hydrogens (tertiary/aromatic N) is 1. The summed E-state index contributed by atoms with van der Waals surface area (Å²) in [6, 6.07) is 1.16. The molecule has 0 fully saturated rings. The van der Waals surface area contributed by atoms with Crippen molar-refractivity contribution in [2.45, 2.75) is 37.8 Å². The van der Waals surface area contributed by atoms with Crippen molar-refractivity contribution < 1.29 is 41.0 Å². The third kappa shape index (κ3) is 2.60. The predicted octanol–water partition coefficient (Wildman–Crippen LogP) is 2.46. The molecule has 0 aromatic heterocycles. The zero-order valence-electron chi connectivity index (χ0n) is 13.4. The Balaban J connectivity index is 2.94. The lowest BCUT2D eigenvalue weighted by Gasteiger charge is -2.44. The maximum atomic E-state index is 14.7. The van der Waals surface area contributed by atoms with Gasteiger partial charge in [-0.2, -0.15) is 27.2 Å². The van der Waals surface area contributed by atoms with Gasteiger partial charge in [0, 0.05) is 12.8 Å². The molecule has 0 radical (unpaired) electrons. The fraction of sp³-hybridized carbons (Fsp3) is 0.533. The maximum absolute atomic E-state index is 14.7. The largest absolute Gasteiger partial charge is 0.469 e. The van der Waals surface area contributed by atoms with Crippen LogP contribution in [0.2, 0.25) is 0 Å². The molecule has 0 saturated carbocycles. The monoisotopic (exact) mass is 380 g/mol. The summed E-state index contributed by atoms with van der Waals surface area (Å²) in [4.78, 5) is 24.0. The van der Waals surface area contributed by atoms with E-state index in [0.717, 1.165) is 13.2 Å². The average molecular weight is 380 g/mol. The number of Topliss-reactive ketones (excluding diaryl/α,β-unsaturated/α-hetero) is 1. The van der Waals surface area contributed by atoms with Gasteiger partial charge in [-0.3, -0.25) is 9.59 Å². The molecule has 26 heavy (non-hydrogen) atoms. The molecule has 1 aliphatic carbocycles. The summed E-state index contributed by atoms with van der Waals surface area (Å²) in [5, 5.41) is 9.23. The van der Waals surface area contributed by atoms with Crippen LogP contribution in [0.15, 0.2) is 22.8 Å². The van der Waals surface area contributed by atoms with E-state index < -0.39 is 58.5 Å². The van der Waals surface area contributed by atoms with Crippen LogP contribution in [0.25, 0.3) is 0 Å². The van der Waals surface area contributed by atoms with Crippen molar-refractivity contribution in [3.63, 3.8) is 0 Å². The van der Waals surface area contributed by atoms with Crippen LogP contribution in [0.5, 0.6) is 0 Å². The first-order valence-corrected chi connectivity index (χ1v) is 7.30. The van der Waals surface area contributed by atoms with Crippen molar-refractivity contribution in [1.29, 1.82) is 5.26 Å². The number of hydrogen-bond acceptors (Lipinski definition) is 6. The Bertz CT molecular complexity index is 763. The van der Waals surface area contributed by atoms with E-state index in [9.17, 15) is 36.8 Å². The number of nitrogens with two attached hydrogens (primary N) is 1. The number of ketones is 1. The van der Waals surface area contributed by atoms with Crippen LogP contribution in [0.4, 0.5) is 22.0 Å². The summed E-state index contributed by atoms with van der Waals surface area (Å²) in [5.41, 5.74) is -0.627. The van der Waals surface area contributed by atoms with Crippen LogP contribution in [0, 0.1) is 16.7 Å². The van der Waals surface area contributed by atoms with Crippen LogP contribution < -0.4 is 5.73 Å². The van der Waals surface area contributed by atoms with Gasteiger partial charge in [0.2, 0.25) is 5.88 Å². The van der Waals surface area contributed by atoms with Gasteiger partial charge in [0.15, 0.2) is 5.78 Å². The van der Waals surface area contributed by atoms with Crippen LogP contribution in [-0.2, 0) is 19.1 Å². The zero-order valence-corrected chi connectivity index (χ0v) is 13.4. The third-order valence-corrected chi connectivity index (χ3v) is 4.34. The van der Waals surface area contributed by atoms with Gasteiger partial charge in [-0.1, -0.05) is 0 Å². The number of carbonyl (C=O) groups excluding carboxylic acids is 2. The number of rotatable bonds is 3. The van der Waals surface area contributed by atoms with Crippen LogP contribution in [-0.4, -0.2) is 31.0 Å². The quantitative estimate of drug-likeness (QED) is 0.596. The minimum Gasteiger partial charge on any atom is -0.469 e. The predicted molar refractivity (Wildman–Crippen MR) is 73.9 cm³/mol. The molecule has 1 atom stereocenters. The lowest BCUT2D eigenvalue weighted by Crippen LogP contribution is -2.58. The number of ether oxygens (including phenoxy) is 2. The van der Waals surface area contributed by atoms with E-state index in [2.05, 4.69) is 4.74 Å². The summed E-state index contributed by atoms with van der Waals surface area (Å²) in [5.74, 6) is -9.71. The summed E-state index contributed by atoms with van der Waals surface area (Å²) in [6.45, 7) is 0. The van der Waals surface area contributed by atoms with E-state index in [1.54, 1.807) is 0 Å². The second kappa shape index (κ2) is 6.26. The molecule has 2 aliphatic rings. The molecule has 0 amide bonds. The molecular weight excluding hydrogens is 367 g/mol. The van der Waals surface area contributed by atoms with Crippen molar-refractivity contribution in [2.24, 2.45) is 11.1 Å². The van der Waals surface area contributed by atoms with E-state index in [-0.39, 0.29) is 19.3 Å².